The van der Waals surface area contributed by atoms with Crippen molar-refractivity contribution in [2.24, 2.45) is 0 Å². The van der Waals surface area contributed by atoms with Crippen LogP contribution in [0.4, 0.5) is 5.69 Å². The van der Waals surface area contributed by atoms with E-state index in [2.05, 4.69) is 12.2 Å². The van der Waals surface area contributed by atoms with Gasteiger partial charge in [-0.25, -0.2) is 0 Å². The quantitative estimate of drug-likeness (QED) is 0.782. The second kappa shape index (κ2) is 8.18. The van der Waals surface area contributed by atoms with E-state index in [1.807, 2.05) is 56.3 Å². The maximum Gasteiger partial charge on any atom is 0.248 e. The molecule has 2 aromatic rings. The zero-order chi connectivity index (χ0) is 16.7. The molecule has 0 unspecified atom stereocenters. The van der Waals surface area contributed by atoms with E-state index < -0.39 is 0 Å². The Kier molecular flexibility index (Phi) is 5.98. The summed E-state index contributed by atoms with van der Waals surface area (Å²) in [5.74, 6) is 0.715. The van der Waals surface area contributed by atoms with Crippen LogP contribution in [0.5, 0.6) is 5.75 Å². The van der Waals surface area contributed by atoms with Gasteiger partial charge in [0.1, 0.15) is 5.75 Å². The first-order chi connectivity index (χ1) is 11.1. The van der Waals surface area contributed by atoms with Crippen molar-refractivity contribution in [3.8, 4) is 5.75 Å². The molecule has 23 heavy (non-hydrogen) atoms. The lowest BCUT2D eigenvalue weighted by atomic mass is 10.1. The normalized spacial score (nSPS) is 10.7. The monoisotopic (exact) mass is 309 g/mol. The van der Waals surface area contributed by atoms with Crippen LogP contribution in [0, 0.1) is 13.8 Å². The number of carbonyl (C=O) groups excluding carboxylic acids is 1. The van der Waals surface area contributed by atoms with Gasteiger partial charge >= 0.3 is 0 Å². The van der Waals surface area contributed by atoms with Crippen molar-refractivity contribution in [2.45, 2.75) is 27.2 Å². The van der Waals surface area contributed by atoms with Gasteiger partial charge in [-0.1, -0.05) is 36.8 Å². The summed E-state index contributed by atoms with van der Waals surface area (Å²) in [6.45, 7) is 6.81. The maximum atomic E-state index is 12.0. The van der Waals surface area contributed by atoms with Crippen LogP contribution in [0.1, 0.15) is 30.0 Å². The van der Waals surface area contributed by atoms with Crippen LogP contribution in [0.3, 0.4) is 0 Å². The summed E-state index contributed by atoms with van der Waals surface area (Å²) in [5, 5.41) is 2.90. The van der Waals surface area contributed by atoms with Gasteiger partial charge in [0.15, 0.2) is 0 Å². The van der Waals surface area contributed by atoms with Gasteiger partial charge in [-0.05, 0) is 55.7 Å². The number of anilines is 1. The van der Waals surface area contributed by atoms with E-state index in [0.717, 1.165) is 29.0 Å². The first kappa shape index (κ1) is 16.8. The molecule has 2 rings (SSSR count). The summed E-state index contributed by atoms with van der Waals surface area (Å²) in [4.78, 5) is 12.0. The SMILES string of the molecule is CCCOc1ccc(C=CC(=O)Nc2ccc(C)cc2C)cc1. The summed E-state index contributed by atoms with van der Waals surface area (Å²) in [6, 6.07) is 13.7. The minimum Gasteiger partial charge on any atom is -0.494 e. The molecule has 0 bridgehead atoms. The Balaban J connectivity index is 1.95. The third-order valence-corrected chi connectivity index (χ3v) is 3.42. The molecule has 0 heterocycles. The summed E-state index contributed by atoms with van der Waals surface area (Å²) >= 11 is 0. The first-order valence-electron chi connectivity index (χ1n) is 7.87. The molecule has 1 N–H and O–H groups in total. The average Bonchev–Trinajstić information content (AvgIpc) is 2.54. The number of nitrogens with one attached hydrogen (secondary N) is 1. The Morgan fingerprint density at radius 1 is 1.13 bits per heavy atom. The van der Waals surface area contributed by atoms with Crippen molar-refractivity contribution < 1.29 is 9.53 Å². The Labute approximate surface area is 138 Å². The third kappa shape index (κ3) is 5.29. The Morgan fingerprint density at radius 2 is 1.87 bits per heavy atom. The van der Waals surface area contributed by atoms with Crippen molar-refractivity contribution >= 4 is 17.7 Å². The van der Waals surface area contributed by atoms with E-state index in [4.69, 9.17) is 4.74 Å². The van der Waals surface area contributed by atoms with Gasteiger partial charge in [0.25, 0.3) is 0 Å². The molecule has 0 aliphatic carbocycles. The fourth-order valence-corrected chi connectivity index (χ4v) is 2.20. The highest BCUT2D eigenvalue weighted by atomic mass is 16.5. The molecular formula is C20H23NO2. The summed E-state index contributed by atoms with van der Waals surface area (Å²) in [7, 11) is 0. The van der Waals surface area contributed by atoms with E-state index in [9.17, 15) is 4.79 Å². The standard InChI is InChI=1S/C20H23NO2/c1-4-13-23-18-9-6-17(7-10-18)8-12-20(22)21-19-11-5-15(2)14-16(19)3/h5-12,14H,4,13H2,1-3H3,(H,21,22). The number of hydrogen-bond acceptors (Lipinski definition) is 2. The van der Waals surface area contributed by atoms with E-state index in [1.54, 1.807) is 12.2 Å². The van der Waals surface area contributed by atoms with Gasteiger partial charge in [-0.2, -0.15) is 0 Å². The second-order valence-electron chi connectivity index (χ2n) is 5.56. The fraction of sp³-hybridized carbons (Fsp3) is 0.250. The highest BCUT2D eigenvalue weighted by molar-refractivity contribution is 6.02. The van der Waals surface area contributed by atoms with Crippen LogP contribution in [-0.4, -0.2) is 12.5 Å². The van der Waals surface area contributed by atoms with Gasteiger partial charge in [-0.15, -0.1) is 0 Å². The van der Waals surface area contributed by atoms with E-state index in [0.29, 0.717) is 6.61 Å². The molecule has 0 saturated heterocycles. The van der Waals surface area contributed by atoms with Crippen LogP contribution < -0.4 is 10.1 Å². The van der Waals surface area contributed by atoms with Crippen molar-refractivity contribution in [1.82, 2.24) is 0 Å². The zero-order valence-electron chi connectivity index (χ0n) is 13.9. The van der Waals surface area contributed by atoms with Gasteiger partial charge in [0.05, 0.1) is 6.61 Å². The molecular weight excluding hydrogens is 286 g/mol. The maximum absolute atomic E-state index is 12.0. The smallest absolute Gasteiger partial charge is 0.248 e. The molecule has 3 nitrogen and oxygen atoms in total. The largest absolute Gasteiger partial charge is 0.494 e. The van der Waals surface area contributed by atoms with Crippen molar-refractivity contribution in [3.05, 3.63) is 65.2 Å². The molecule has 3 heteroatoms. The molecule has 0 spiro atoms. The number of ether oxygens (including phenoxy) is 1. The summed E-state index contributed by atoms with van der Waals surface area (Å²) in [5.41, 5.74) is 4.05. The van der Waals surface area contributed by atoms with Gasteiger partial charge in [0, 0.05) is 11.8 Å². The predicted octanol–water partition coefficient (Wildman–Crippen LogP) is 4.74. The summed E-state index contributed by atoms with van der Waals surface area (Å²) < 4.78 is 5.53. The van der Waals surface area contributed by atoms with Gasteiger partial charge in [0.2, 0.25) is 5.91 Å². The van der Waals surface area contributed by atoms with Crippen molar-refractivity contribution in [2.75, 3.05) is 11.9 Å². The molecule has 2 aromatic carbocycles. The Hall–Kier alpha value is -2.55. The van der Waals surface area contributed by atoms with E-state index in [-0.39, 0.29) is 5.91 Å². The van der Waals surface area contributed by atoms with E-state index in [1.165, 1.54) is 5.56 Å². The lowest BCUT2D eigenvalue weighted by Crippen LogP contribution is -2.08. The highest BCUT2D eigenvalue weighted by Crippen LogP contribution is 2.16. The topological polar surface area (TPSA) is 38.3 Å². The van der Waals surface area contributed by atoms with Crippen LogP contribution in [0.25, 0.3) is 6.08 Å². The number of amides is 1. The predicted molar refractivity (Wildman–Crippen MR) is 95.8 cm³/mol. The highest BCUT2D eigenvalue weighted by Gasteiger charge is 2.01. The lowest BCUT2D eigenvalue weighted by molar-refractivity contribution is -0.111. The zero-order valence-corrected chi connectivity index (χ0v) is 13.9. The molecule has 0 aliphatic rings. The number of rotatable bonds is 6. The number of benzene rings is 2. The third-order valence-electron chi connectivity index (χ3n) is 3.42. The average molecular weight is 309 g/mol. The van der Waals surface area contributed by atoms with Gasteiger partial charge in [-0.3, -0.25) is 4.79 Å². The minimum absolute atomic E-state index is 0.136. The molecule has 0 atom stereocenters. The molecule has 0 radical (unpaired) electrons. The Morgan fingerprint density at radius 3 is 2.52 bits per heavy atom. The number of hydrogen-bond donors (Lipinski definition) is 1. The molecule has 1 amide bonds. The van der Waals surface area contributed by atoms with Crippen LogP contribution >= 0.6 is 0 Å². The summed E-state index contributed by atoms with van der Waals surface area (Å²) in [6.07, 6.45) is 4.32. The van der Waals surface area contributed by atoms with Crippen molar-refractivity contribution in [1.29, 1.82) is 0 Å². The minimum atomic E-state index is -0.136. The fourth-order valence-electron chi connectivity index (χ4n) is 2.20. The second-order valence-corrected chi connectivity index (χ2v) is 5.56. The molecule has 0 aliphatic heterocycles. The molecule has 0 fully saturated rings. The van der Waals surface area contributed by atoms with Crippen LogP contribution in [-0.2, 0) is 4.79 Å². The molecule has 0 aromatic heterocycles. The Bertz CT molecular complexity index is 687. The van der Waals surface area contributed by atoms with E-state index >= 15 is 0 Å². The molecule has 120 valence electrons. The van der Waals surface area contributed by atoms with Crippen LogP contribution in [0.2, 0.25) is 0 Å². The first-order valence-corrected chi connectivity index (χ1v) is 7.87. The van der Waals surface area contributed by atoms with Crippen molar-refractivity contribution in [3.63, 3.8) is 0 Å². The van der Waals surface area contributed by atoms with Crippen LogP contribution in [0.15, 0.2) is 48.5 Å². The van der Waals surface area contributed by atoms with Gasteiger partial charge < -0.3 is 10.1 Å². The molecule has 0 saturated carbocycles. The number of aryl methyl sites for hydroxylation is 2. The number of carbonyl (C=O) groups is 1. The lowest BCUT2D eigenvalue weighted by Gasteiger charge is -2.07.